The highest BCUT2D eigenvalue weighted by atomic mass is 19.3. The summed E-state index contributed by atoms with van der Waals surface area (Å²) < 4.78 is 51.1. The summed E-state index contributed by atoms with van der Waals surface area (Å²) in [5.41, 5.74) is 0.641. The third kappa shape index (κ3) is 2.69. The summed E-state index contributed by atoms with van der Waals surface area (Å²) in [5.74, 6) is -1.93. The number of carbonyl (C=O) groups excluding carboxylic acids is 1. The Morgan fingerprint density at radius 2 is 2.17 bits per heavy atom. The van der Waals surface area contributed by atoms with Crippen molar-refractivity contribution in [2.45, 2.75) is 18.9 Å². The number of para-hydroxylation sites is 1. The number of imidazole rings is 1. The molecule has 0 saturated carbocycles. The largest absolute Gasteiger partial charge is 0.438 e. The van der Waals surface area contributed by atoms with Crippen LogP contribution in [0.2, 0.25) is 0 Å². The molecule has 11 heteroatoms. The number of halogens is 3. The number of aromatic amines is 1. The van der Waals surface area contributed by atoms with E-state index in [-0.39, 0.29) is 23.5 Å². The SMILES string of the molecule is O=C(c1ocnc1C(F)F)N1CCc2[nH]cnc2[C@H]1c1nc2c(F)cccc2o1. The molecule has 1 amide bonds. The Morgan fingerprint density at radius 3 is 2.97 bits per heavy atom. The fourth-order valence-corrected chi connectivity index (χ4v) is 3.50. The molecule has 29 heavy (non-hydrogen) atoms. The van der Waals surface area contributed by atoms with Crippen LogP contribution in [0.25, 0.3) is 11.1 Å². The van der Waals surface area contributed by atoms with Gasteiger partial charge in [-0.3, -0.25) is 4.79 Å². The molecule has 0 bridgehead atoms. The van der Waals surface area contributed by atoms with Gasteiger partial charge in [0.05, 0.1) is 12.0 Å². The fraction of sp³-hybridized carbons (Fsp3) is 0.222. The van der Waals surface area contributed by atoms with Crippen LogP contribution in [0.15, 0.2) is 39.8 Å². The lowest BCUT2D eigenvalue weighted by atomic mass is 10.0. The topological polar surface area (TPSA) is 101 Å². The highest BCUT2D eigenvalue weighted by Crippen LogP contribution is 2.36. The molecule has 8 nitrogen and oxygen atoms in total. The lowest BCUT2D eigenvalue weighted by molar-refractivity contribution is 0.0620. The molecule has 0 fully saturated rings. The summed E-state index contributed by atoms with van der Waals surface area (Å²) in [6.45, 7) is 0.156. The van der Waals surface area contributed by atoms with E-state index in [9.17, 15) is 18.0 Å². The van der Waals surface area contributed by atoms with E-state index in [1.807, 2.05) is 0 Å². The Labute approximate surface area is 160 Å². The predicted molar refractivity (Wildman–Crippen MR) is 90.6 cm³/mol. The van der Waals surface area contributed by atoms with E-state index in [1.54, 1.807) is 6.07 Å². The van der Waals surface area contributed by atoms with Gasteiger partial charge in [-0.25, -0.2) is 28.1 Å². The van der Waals surface area contributed by atoms with Crippen LogP contribution in [0.4, 0.5) is 13.2 Å². The van der Waals surface area contributed by atoms with E-state index < -0.39 is 35.6 Å². The zero-order valence-corrected chi connectivity index (χ0v) is 14.6. The lowest BCUT2D eigenvalue weighted by Gasteiger charge is -2.32. The number of nitrogens with one attached hydrogen (secondary N) is 1. The number of hydrogen-bond donors (Lipinski definition) is 1. The van der Waals surface area contributed by atoms with E-state index in [4.69, 9.17) is 8.83 Å². The number of oxazole rings is 2. The van der Waals surface area contributed by atoms with Crippen LogP contribution in [0, 0.1) is 5.82 Å². The predicted octanol–water partition coefficient (Wildman–Crippen LogP) is 3.40. The van der Waals surface area contributed by atoms with Gasteiger partial charge in [-0.1, -0.05) is 6.07 Å². The van der Waals surface area contributed by atoms with Gasteiger partial charge in [0, 0.05) is 18.7 Å². The molecule has 1 atom stereocenters. The molecule has 1 aliphatic heterocycles. The van der Waals surface area contributed by atoms with Gasteiger partial charge in [0.2, 0.25) is 11.7 Å². The van der Waals surface area contributed by atoms with Gasteiger partial charge in [0.1, 0.15) is 5.52 Å². The van der Waals surface area contributed by atoms with E-state index in [2.05, 4.69) is 19.9 Å². The molecule has 148 valence electrons. The Balaban J connectivity index is 1.63. The molecule has 1 aliphatic rings. The van der Waals surface area contributed by atoms with Crippen molar-refractivity contribution in [3.63, 3.8) is 0 Å². The maximum atomic E-state index is 14.1. The summed E-state index contributed by atoms with van der Waals surface area (Å²) in [5, 5.41) is 0. The Kier molecular flexibility index (Phi) is 3.89. The first-order chi connectivity index (χ1) is 14.0. The van der Waals surface area contributed by atoms with E-state index in [0.717, 1.165) is 12.1 Å². The molecular formula is C18H12F3N5O3. The Morgan fingerprint density at radius 1 is 1.31 bits per heavy atom. The number of alkyl halides is 2. The minimum absolute atomic E-state index is 0.00509. The number of nitrogens with zero attached hydrogens (tertiary/aromatic N) is 4. The molecule has 4 aromatic rings. The van der Waals surface area contributed by atoms with Crippen molar-refractivity contribution in [3.05, 3.63) is 65.5 Å². The summed E-state index contributed by atoms with van der Waals surface area (Å²) >= 11 is 0. The molecule has 0 aliphatic carbocycles. The fourth-order valence-electron chi connectivity index (χ4n) is 3.50. The smallest absolute Gasteiger partial charge is 0.292 e. The van der Waals surface area contributed by atoms with Crippen LogP contribution in [0.1, 0.15) is 46.0 Å². The summed E-state index contributed by atoms with van der Waals surface area (Å²) in [6.07, 6.45) is -0.323. The van der Waals surface area contributed by atoms with Gasteiger partial charge in [0.25, 0.3) is 12.3 Å². The van der Waals surface area contributed by atoms with Crippen molar-refractivity contribution in [2.24, 2.45) is 0 Å². The third-order valence-corrected chi connectivity index (χ3v) is 4.80. The Bertz CT molecular complexity index is 1210. The van der Waals surface area contributed by atoms with Crippen LogP contribution < -0.4 is 0 Å². The average molecular weight is 403 g/mol. The van der Waals surface area contributed by atoms with Gasteiger partial charge in [-0.2, -0.15) is 0 Å². The molecule has 0 spiro atoms. The standard InChI is InChI=1S/C18H12F3N5O3/c19-8-2-1-3-10-11(8)25-17(29-10)14-12-9(22-6-23-12)4-5-26(14)18(27)15-13(16(20)21)24-7-28-15/h1-3,6-7,14,16H,4-5H2,(H,22,23)/t14-/m0/s1. The molecule has 1 aromatic carbocycles. The zero-order chi connectivity index (χ0) is 20.1. The number of aromatic nitrogens is 4. The van der Waals surface area contributed by atoms with Crippen LogP contribution in [0.5, 0.6) is 0 Å². The summed E-state index contributed by atoms with van der Waals surface area (Å²) in [7, 11) is 0. The first-order valence-corrected chi connectivity index (χ1v) is 8.64. The van der Waals surface area contributed by atoms with Crippen molar-refractivity contribution in [3.8, 4) is 0 Å². The normalized spacial score (nSPS) is 16.6. The third-order valence-electron chi connectivity index (χ3n) is 4.80. The van der Waals surface area contributed by atoms with Gasteiger partial charge < -0.3 is 18.7 Å². The van der Waals surface area contributed by atoms with Crippen molar-refractivity contribution in [1.29, 1.82) is 0 Å². The molecule has 0 unspecified atom stereocenters. The van der Waals surface area contributed by atoms with Crippen LogP contribution in [-0.2, 0) is 6.42 Å². The highest BCUT2D eigenvalue weighted by Gasteiger charge is 2.40. The number of carbonyl (C=O) groups is 1. The lowest BCUT2D eigenvalue weighted by Crippen LogP contribution is -2.41. The second-order valence-electron chi connectivity index (χ2n) is 6.42. The maximum Gasteiger partial charge on any atom is 0.292 e. The highest BCUT2D eigenvalue weighted by molar-refractivity contribution is 5.93. The quantitative estimate of drug-likeness (QED) is 0.563. The van der Waals surface area contributed by atoms with Crippen molar-refractivity contribution < 1.29 is 26.8 Å². The van der Waals surface area contributed by atoms with E-state index in [0.29, 0.717) is 12.1 Å². The molecule has 1 N–H and O–H groups in total. The molecule has 5 rings (SSSR count). The second kappa shape index (κ2) is 6.47. The number of hydrogen-bond acceptors (Lipinski definition) is 6. The Hall–Kier alpha value is -3.63. The number of rotatable bonds is 3. The van der Waals surface area contributed by atoms with Crippen LogP contribution in [-0.4, -0.2) is 37.3 Å². The summed E-state index contributed by atoms with van der Waals surface area (Å²) in [6, 6.07) is 3.31. The summed E-state index contributed by atoms with van der Waals surface area (Å²) in [4.78, 5) is 29.2. The number of benzene rings is 1. The molecule has 0 radical (unpaired) electrons. The first-order valence-electron chi connectivity index (χ1n) is 8.64. The second-order valence-corrected chi connectivity index (χ2v) is 6.42. The van der Waals surface area contributed by atoms with Crippen LogP contribution in [0.3, 0.4) is 0 Å². The van der Waals surface area contributed by atoms with Crippen molar-refractivity contribution in [1.82, 2.24) is 24.8 Å². The zero-order valence-electron chi connectivity index (χ0n) is 14.6. The monoisotopic (exact) mass is 403 g/mol. The van der Waals surface area contributed by atoms with Crippen molar-refractivity contribution >= 4 is 17.0 Å². The van der Waals surface area contributed by atoms with Gasteiger partial charge in [-0.05, 0) is 12.1 Å². The first kappa shape index (κ1) is 17.5. The molecule has 0 saturated heterocycles. The molecule has 3 aromatic heterocycles. The van der Waals surface area contributed by atoms with Gasteiger partial charge >= 0.3 is 0 Å². The average Bonchev–Trinajstić information content (AvgIpc) is 3.44. The minimum atomic E-state index is -2.98. The number of amides is 1. The van der Waals surface area contributed by atoms with Gasteiger partial charge in [0.15, 0.2) is 29.5 Å². The molecule has 4 heterocycles. The van der Waals surface area contributed by atoms with Crippen molar-refractivity contribution in [2.75, 3.05) is 6.54 Å². The van der Waals surface area contributed by atoms with E-state index >= 15 is 0 Å². The van der Waals surface area contributed by atoms with Gasteiger partial charge in [-0.15, -0.1) is 0 Å². The maximum absolute atomic E-state index is 14.1. The van der Waals surface area contributed by atoms with E-state index in [1.165, 1.54) is 23.4 Å². The number of H-pyrrole nitrogens is 1. The minimum Gasteiger partial charge on any atom is -0.438 e. The number of fused-ring (bicyclic) bond motifs is 2. The van der Waals surface area contributed by atoms with Crippen LogP contribution >= 0.6 is 0 Å². The molecular weight excluding hydrogens is 391 g/mol.